The van der Waals surface area contributed by atoms with Crippen LogP contribution >= 0.6 is 0 Å². The first-order valence-corrected chi connectivity index (χ1v) is 4.40. The maximum atomic E-state index is 13.0. The zero-order valence-electron chi connectivity index (χ0n) is 8.82. The molecule has 5 nitrogen and oxygen atoms in total. The molecule has 0 aliphatic rings. The molecule has 0 saturated heterocycles. The molecule has 0 amide bonds. The van der Waals surface area contributed by atoms with Gasteiger partial charge in [0, 0.05) is 19.0 Å². The van der Waals surface area contributed by atoms with Gasteiger partial charge in [-0.15, -0.1) is 0 Å². The number of ether oxygens (including phenoxy) is 1. The normalized spacial score (nSPS) is 12.5. The number of hydrogen-bond acceptors (Lipinski definition) is 3. The lowest BCUT2D eigenvalue weighted by Gasteiger charge is -2.05. The van der Waals surface area contributed by atoms with Crippen LogP contribution in [0.4, 0.5) is 4.39 Å². The van der Waals surface area contributed by atoms with Crippen LogP contribution in [-0.2, 0) is 18.3 Å². The zero-order chi connectivity index (χ0) is 11.6. The second-order valence-electron chi connectivity index (χ2n) is 3.21. The van der Waals surface area contributed by atoms with E-state index in [9.17, 15) is 9.18 Å². The Labute approximate surface area is 86.5 Å². The summed E-state index contributed by atoms with van der Waals surface area (Å²) in [6, 6.07) is 0. The first-order valence-electron chi connectivity index (χ1n) is 4.40. The molecule has 6 heteroatoms. The number of rotatable bonds is 4. The molecule has 84 valence electrons. The molecule has 1 N–H and O–H groups in total. The predicted molar refractivity (Wildman–Crippen MR) is 50.7 cm³/mol. The first-order chi connectivity index (χ1) is 6.97. The number of methoxy groups -OCH3 is 1. The number of aromatic nitrogens is 2. The van der Waals surface area contributed by atoms with Crippen LogP contribution in [0.2, 0.25) is 0 Å². The molecule has 0 spiro atoms. The Bertz CT molecular complexity index is 376. The van der Waals surface area contributed by atoms with E-state index in [4.69, 9.17) is 9.84 Å². The van der Waals surface area contributed by atoms with Crippen molar-refractivity contribution in [2.24, 2.45) is 7.05 Å². The van der Waals surface area contributed by atoms with Gasteiger partial charge in [0.25, 0.3) is 0 Å². The smallest absolute Gasteiger partial charge is 0.338 e. The van der Waals surface area contributed by atoms with E-state index in [1.165, 1.54) is 11.8 Å². The van der Waals surface area contributed by atoms with Gasteiger partial charge in [-0.2, -0.15) is 5.10 Å². The van der Waals surface area contributed by atoms with Crippen molar-refractivity contribution in [2.75, 3.05) is 7.11 Å². The van der Waals surface area contributed by atoms with Crippen molar-refractivity contribution in [2.45, 2.75) is 19.5 Å². The second-order valence-corrected chi connectivity index (χ2v) is 3.21. The minimum atomic E-state index is -1.93. The van der Waals surface area contributed by atoms with Crippen LogP contribution in [0, 0.1) is 6.92 Å². The van der Waals surface area contributed by atoms with Gasteiger partial charge in [0.05, 0.1) is 12.8 Å². The molecular formula is C9H13FN2O3. The standard InChI is InChI=1S/C9H13FN2O3/c1-5-6(4-7(10)9(13)14)8(15-3)12(2)11-5/h7H,4H2,1-3H3,(H,13,14). The molecule has 0 fully saturated rings. The van der Waals surface area contributed by atoms with Crippen LogP contribution in [0.1, 0.15) is 11.3 Å². The molecule has 1 aromatic rings. The summed E-state index contributed by atoms with van der Waals surface area (Å²) in [4.78, 5) is 10.4. The molecule has 1 rings (SSSR count). The van der Waals surface area contributed by atoms with Crippen molar-refractivity contribution in [1.82, 2.24) is 9.78 Å². The van der Waals surface area contributed by atoms with Crippen molar-refractivity contribution in [1.29, 1.82) is 0 Å². The van der Waals surface area contributed by atoms with Gasteiger partial charge < -0.3 is 9.84 Å². The highest BCUT2D eigenvalue weighted by Crippen LogP contribution is 2.23. The van der Waals surface area contributed by atoms with Gasteiger partial charge in [-0.3, -0.25) is 0 Å². The average Bonchev–Trinajstić information content (AvgIpc) is 2.41. The minimum Gasteiger partial charge on any atom is -0.481 e. The number of aliphatic carboxylic acids is 1. The van der Waals surface area contributed by atoms with E-state index >= 15 is 0 Å². The number of carbonyl (C=O) groups is 1. The summed E-state index contributed by atoms with van der Waals surface area (Å²) in [6.45, 7) is 1.69. The Balaban J connectivity index is 2.98. The summed E-state index contributed by atoms with van der Waals surface area (Å²) in [5.41, 5.74) is 1.08. The Morgan fingerprint density at radius 2 is 2.33 bits per heavy atom. The molecule has 1 heterocycles. The Morgan fingerprint density at radius 1 is 1.73 bits per heavy atom. The summed E-state index contributed by atoms with van der Waals surface area (Å²) in [5, 5.41) is 12.5. The molecular weight excluding hydrogens is 203 g/mol. The molecule has 1 atom stereocenters. The fourth-order valence-electron chi connectivity index (χ4n) is 1.44. The van der Waals surface area contributed by atoms with Crippen molar-refractivity contribution in [3.05, 3.63) is 11.3 Å². The molecule has 1 unspecified atom stereocenters. The maximum Gasteiger partial charge on any atom is 0.338 e. The van der Waals surface area contributed by atoms with Crippen LogP contribution in [-0.4, -0.2) is 34.1 Å². The summed E-state index contributed by atoms with van der Waals surface area (Å²) in [6.07, 6.45) is -2.15. The van der Waals surface area contributed by atoms with Gasteiger partial charge >= 0.3 is 5.97 Å². The third kappa shape index (κ3) is 2.26. The molecule has 0 aliphatic carbocycles. The molecule has 0 bridgehead atoms. The number of alkyl halides is 1. The van der Waals surface area contributed by atoms with E-state index in [1.54, 1.807) is 14.0 Å². The topological polar surface area (TPSA) is 64.3 Å². The van der Waals surface area contributed by atoms with Gasteiger partial charge in [0.2, 0.25) is 12.1 Å². The summed E-state index contributed by atoms with van der Waals surface area (Å²) in [5.74, 6) is -1.07. The fraction of sp³-hybridized carbons (Fsp3) is 0.556. The summed E-state index contributed by atoms with van der Waals surface area (Å²) < 4.78 is 19.5. The number of carboxylic acid groups (broad SMARTS) is 1. The van der Waals surface area contributed by atoms with Gasteiger partial charge in [-0.1, -0.05) is 0 Å². The minimum absolute atomic E-state index is 0.224. The van der Waals surface area contributed by atoms with Crippen molar-refractivity contribution >= 4 is 5.97 Å². The Morgan fingerprint density at radius 3 is 2.80 bits per heavy atom. The van der Waals surface area contributed by atoms with E-state index < -0.39 is 12.1 Å². The molecule has 1 aromatic heterocycles. The van der Waals surface area contributed by atoms with E-state index in [-0.39, 0.29) is 6.42 Å². The molecule has 0 radical (unpaired) electrons. The highest BCUT2D eigenvalue weighted by Gasteiger charge is 2.22. The van der Waals surface area contributed by atoms with Crippen LogP contribution in [0.15, 0.2) is 0 Å². The fourth-order valence-corrected chi connectivity index (χ4v) is 1.44. The second kappa shape index (κ2) is 4.29. The number of aryl methyl sites for hydroxylation is 2. The van der Waals surface area contributed by atoms with Gasteiger partial charge in [0.15, 0.2) is 0 Å². The van der Waals surface area contributed by atoms with Crippen LogP contribution in [0.5, 0.6) is 5.88 Å². The number of nitrogens with zero attached hydrogens (tertiary/aromatic N) is 2. The van der Waals surface area contributed by atoms with Crippen LogP contribution in [0.3, 0.4) is 0 Å². The Kier molecular flexibility index (Phi) is 3.28. The molecule has 0 saturated carbocycles. The highest BCUT2D eigenvalue weighted by molar-refractivity contribution is 5.72. The third-order valence-corrected chi connectivity index (χ3v) is 2.13. The quantitative estimate of drug-likeness (QED) is 0.804. The maximum absolute atomic E-state index is 13.0. The monoisotopic (exact) mass is 216 g/mol. The van der Waals surface area contributed by atoms with E-state index in [0.29, 0.717) is 17.1 Å². The SMILES string of the molecule is COc1c(CC(F)C(=O)O)c(C)nn1C. The summed E-state index contributed by atoms with van der Waals surface area (Å²) >= 11 is 0. The number of hydrogen-bond donors (Lipinski definition) is 1. The van der Waals surface area contributed by atoms with Crippen LogP contribution in [0.25, 0.3) is 0 Å². The lowest BCUT2D eigenvalue weighted by Crippen LogP contribution is -2.17. The lowest BCUT2D eigenvalue weighted by atomic mass is 10.1. The van der Waals surface area contributed by atoms with Gasteiger partial charge in [0.1, 0.15) is 0 Å². The largest absolute Gasteiger partial charge is 0.481 e. The molecule has 15 heavy (non-hydrogen) atoms. The van der Waals surface area contributed by atoms with Gasteiger partial charge in [-0.25, -0.2) is 13.9 Å². The van der Waals surface area contributed by atoms with Crippen molar-refractivity contribution in [3.8, 4) is 5.88 Å². The zero-order valence-corrected chi connectivity index (χ0v) is 8.82. The highest BCUT2D eigenvalue weighted by atomic mass is 19.1. The number of halogens is 1. The first kappa shape index (κ1) is 11.5. The van der Waals surface area contributed by atoms with E-state index in [1.807, 2.05) is 0 Å². The lowest BCUT2D eigenvalue weighted by molar-refractivity contribution is -0.142. The Hall–Kier alpha value is -1.59. The van der Waals surface area contributed by atoms with Gasteiger partial charge in [-0.05, 0) is 6.92 Å². The van der Waals surface area contributed by atoms with E-state index in [2.05, 4.69) is 5.10 Å². The van der Waals surface area contributed by atoms with E-state index in [0.717, 1.165) is 0 Å². The van der Waals surface area contributed by atoms with Crippen molar-refractivity contribution in [3.63, 3.8) is 0 Å². The third-order valence-electron chi connectivity index (χ3n) is 2.13. The average molecular weight is 216 g/mol. The van der Waals surface area contributed by atoms with Crippen molar-refractivity contribution < 1.29 is 19.0 Å². The number of carboxylic acids is 1. The molecule has 0 aromatic carbocycles. The van der Waals surface area contributed by atoms with Crippen LogP contribution < -0.4 is 4.74 Å². The molecule has 0 aliphatic heterocycles. The summed E-state index contributed by atoms with van der Waals surface area (Å²) in [7, 11) is 3.09. The predicted octanol–water partition coefficient (Wildman–Crippen LogP) is 0.702.